The molecule has 0 bridgehead atoms. The quantitative estimate of drug-likeness (QED) is 0.750. The minimum absolute atomic E-state index is 0.148. The van der Waals surface area contributed by atoms with Gasteiger partial charge in [-0.2, -0.15) is 0 Å². The molecule has 100 valence electrons. The highest BCUT2D eigenvalue weighted by Gasteiger charge is 2.30. The third kappa shape index (κ3) is 5.07. The Labute approximate surface area is 106 Å². The van der Waals surface area contributed by atoms with Gasteiger partial charge in [-0.3, -0.25) is 4.79 Å². The van der Waals surface area contributed by atoms with Crippen molar-refractivity contribution in [3.63, 3.8) is 0 Å². The molecule has 1 fully saturated rings. The fourth-order valence-corrected chi connectivity index (χ4v) is 2.76. The van der Waals surface area contributed by atoms with Crippen molar-refractivity contribution in [2.45, 2.75) is 83.2 Å². The van der Waals surface area contributed by atoms with Gasteiger partial charge >= 0.3 is 0 Å². The fourth-order valence-electron chi connectivity index (χ4n) is 2.76. The first-order chi connectivity index (χ1) is 8.09. The molecule has 1 atom stereocenters. The zero-order valence-electron chi connectivity index (χ0n) is 11.4. The number of hydrogen-bond donors (Lipinski definition) is 2. The summed E-state index contributed by atoms with van der Waals surface area (Å²) in [4.78, 5) is 12.0. The highest BCUT2D eigenvalue weighted by atomic mass is 16.1. The van der Waals surface area contributed by atoms with Crippen molar-refractivity contribution in [1.29, 1.82) is 0 Å². The van der Waals surface area contributed by atoms with Gasteiger partial charge in [0.1, 0.15) is 0 Å². The van der Waals surface area contributed by atoms with Gasteiger partial charge in [0.2, 0.25) is 5.91 Å². The third-order valence-corrected chi connectivity index (χ3v) is 3.86. The van der Waals surface area contributed by atoms with Gasteiger partial charge in [0.25, 0.3) is 0 Å². The molecule has 1 unspecified atom stereocenters. The van der Waals surface area contributed by atoms with E-state index in [4.69, 9.17) is 5.73 Å². The first-order valence-electron chi connectivity index (χ1n) is 7.18. The molecule has 3 heteroatoms. The van der Waals surface area contributed by atoms with Crippen LogP contribution in [0.3, 0.4) is 0 Å². The molecule has 3 N–H and O–H groups in total. The molecule has 0 aromatic rings. The van der Waals surface area contributed by atoms with E-state index in [1.54, 1.807) is 0 Å². The van der Waals surface area contributed by atoms with Gasteiger partial charge in [0.15, 0.2) is 0 Å². The van der Waals surface area contributed by atoms with Crippen LogP contribution in [0.25, 0.3) is 0 Å². The second-order valence-corrected chi connectivity index (χ2v) is 5.56. The fraction of sp³-hybridized carbons (Fsp3) is 0.929. The average Bonchev–Trinajstić information content (AvgIpc) is 2.28. The van der Waals surface area contributed by atoms with Crippen LogP contribution in [-0.2, 0) is 4.79 Å². The van der Waals surface area contributed by atoms with Crippen LogP contribution in [0, 0.1) is 0 Å². The number of nitrogens with one attached hydrogen (secondary N) is 1. The predicted molar refractivity (Wildman–Crippen MR) is 71.8 cm³/mol. The Bertz CT molecular complexity index is 234. The van der Waals surface area contributed by atoms with Crippen LogP contribution < -0.4 is 11.1 Å². The van der Waals surface area contributed by atoms with E-state index in [1.807, 2.05) is 0 Å². The average molecular weight is 240 g/mol. The molecule has 0 spiro atoms. The van der Waals surface area contributed by atoms with Crippen molar-refractivity contribution >= 4 is 5.91 Å². The first kappa shape index (κ1) is 14.5. The Balaban J connectivity index is 2.36. The summed E-state index contributed by atoms with van der Waals surface area (Å²) in [5, 5.41) is 3.12. The van der Waals surface area contributed by atoms with Gasteiger partial charge in [-0.1, -0.05) is 39.5 Å². The zero-order valence-corrected chi connectivity index (χ0v) is 11.4. The number of hydrogen-bond acceptors (Lipinski definition) is 2. The van der Waals surface area contributed by atoms with Crippen molar-refractivity contribution in [2.75, 3.05) is 0 Å². The molecule has 3 nitrogen and oxygen atoms in total. The van der Waals surface area contributed by atoms with Crippen LogP contribution >= 0.6 is 0 Å². The van der Waals surface area contributed by atoms with Crippen molar-refractivity contribution < 1.29 is 4.79 Å². The lowest BCUT2D eigenvalue weighted by Crippen LogP contribution is -2.47. The summed E-state index contributed by atoms with van der Waals surface area (Å²) in [7, 11) is 0. The van der Waals surface area contributed by atoms with Crippen LogP contribution in [0.2, 0.25) is 0 Å². The predicted octanol–water partition coefficient (Wildman–Crippen LogP) is 2.73. The molecule has 0 heterocycles. The lowest BCUT2D eigenvalue weighted by molar-refractivity contribution is -0.123. The molecule has 0 aromatic carbocycles. The topological polar surface area (TPSA) is 55.1 Å². The summed E-state index contributed by atoms with van der Waals surface area (Å²) in [6.45, 7) is 4.28. The lowest BCUT2D eigenvalue weighted by Gasteiger charge is -2.33. The summed E-state index contributed by atoms with van der Waals surface area (Å²) in [5.74, 6) is 0.148. The monoisotopic (exact) mass is 240 g/mol. The van der Waals surface area contributed by atoms with Crippen LogP contribution in [-0.4, -0.2) is 17.5 Å². The third-order valence-electron chi connectivity index (χ3n) is 3.86. The van der Waals surface area contributed by atoms with E-state index in [2.05, 4.69) is 19.2 Å². The van der Waals surface area contributed by atoms with E-state index in [1.165, 1.54) is 19.3 Å². The van der Waals surface area contributed by atoms with Gasteiger partial charge in [0, 0.05) is 18.0 Å². The Morgan fingerprint density at radius 1 is 1.29 bits per heavy atom. The molecule has 0 aromatic heterocycles. The molecule has 0 radical (unpaired) electrons. The molecule has 1 aliphatic rings. The maximum Gasteiger partial charge on any atom is 0.222 e. The summed E-state index contributed by atoms with van der Waals surface area (Å²) in [5.41, 5.74) is 6.06. The molecular weight excluding hydrogens is 212 g/mol. The van der Waals surface area contributed by atoms with E-state index in [0.29, 0.717) is 12.5 Å². The maximum atomic E-state index is 12.0. The van der Waals surface area contributed by atoms with Gasteiger partial charge in [-0.25, -0.2) is 0 Å². The number of amides is 1. The van der Waals surface area contributed by atoms with Gasteiger partial charge in [-0.05, 0) is 25.7 Å². The highest BCUT2D eigenvalue weighted by molar-refractivity contribution is 5.77. The number of rotatable bonds is 6. The van der Waals surface area contributed by atoms with Crippen LogP contribution in [0.4, 0.5) is 0 Å². The maximum absolute atomic E-state index is 12.0. The normalized spacial score (nSPS) is 20.9. The standard InChI is InChI=1S/C14H28N2O/c1-3-8-12(4-2)16-13(17)11-14(15)9-6-5-7-10-14/h12H,3-11,15H2,1-2H3,(H,16,17). The Morgan fingerprint density at radius 3 is 2.47 bits per heavy atom. The molecule has 0 aliphatic heterocycles. The van der Waals surface area contributed by atoms with Crippen LogP contribution in [0.15, 0.2) is 0 Å². The second-order valence-electron chi connectivity index (χ2n) is 5.56. The first-order valence-corrected chi connectivity index (χ1v) is 7.18. The van der Waals surface area contributed by atoms with E-state index in [9.17, 15) is 4.79 Å². The minimum Gasteiger partial charge on any atom is -0.353 e. The van der Waals surface area contributed by atoms with E-state index >= 15 is 0 Å². The summed E-state index contributed by atoms with van der Waals surface area (Å²) >= 11 is 0. The molecule has 1 saturated carbocycles. The van der Waals surface area contributed by atoms with E-state index in [-0.39, 0.29) is 11.4 Å². The number of carbonyl (C=O) groups is 1. The lowest BCUT2D eigenvalue weighted by atomic mass is 9.80. The zero-order chi connectivity index (χ0) is 12.7. The van der Waals surface area contributed by atoms with Gasteiger partial charge in [0.05, 0.1) is 0 Å². The summed E-state index contributed by atoms with van der Waals surface area (Å²) in [6.07, 6.45) is 9.34. The van der Waals surface area contributed by atoms with Crippen LogP contribution in [0.5, 0.6) is 0 Å². The Hall–Kier alpha value is -0.570. The van der Waals surface area contributed by atoms with E-state index < -0.39 is 0 Å². The number of nitrogens with two attached hydrogens (primary N) is 1. The highest BCUT2D eigenvalue weighted by Crippen LogP contribution is 2.28. The molecule has 1 rings (SSSR count). The summed E-state index contributed by atoms with van der Waals surface area (Å²) in [6, 6.07) is 0.333. The Morgan fingerprint density at radius 2 is 1.94 bits per heavy atom. The van der Waals surface area contributed by atoms with E-state index in [0.717, 1.165) is 32.1 Å². The van der Waals surface area contributed by atoms with Gasteiger partial charge in [-0.15, -0.1) is 0 Å². The molecule has 1 amide bonds. The smallest absolute Gasteiger partial charge is 0.222 e. The SMILES string of the molecule is CCCC(CC)NC(=O)CC1(N)CCCCC1. The van der Waals surface area contributed by atoms with Crippen molar-refractivity contribution in [2.24, 2.45) is 5.73 Å². The van der Waals surface area contributed by atoms with Crippen molar-refractivity contribution in [3.05, 3.63) is 0 Å². The van der Waals surface area contributed by atoms with Gasteiger partial charge < -0.3 is 11.1 Å². The molecule has 17 heavy (non-hydrogen) atoms. The largest absolute Gasteiger partial charge is 0.353 e. The molecular formula is C14H28N2O. The minimum atomic E-state index is -0.229. The summed E-state index contributed by atoms with van der Waals surface area (Å²) < 4.78 is 0. The van der Waals surface area contributed by atoms with Crippen LogP contribution in [0.1, 0.15) is 71.6 Å². The van der Waals surface area contributed by atoms with Crippen molar-refractivity contribution in [1.82, 2.24) is 5.32 Å². The van der Waals surface area contributed by atoms with Crippen molar-refractivity contribution in [3.8, 4) is 0 Å². The molecule has 1 aliphatic carbocycles. The second kappa shape index (κ2) is 7.00. The molecule has 0 saturated heterocycles. The Kier molecular flexibility index (Phi) is 5.96. The number of carbonyl (C=O) groups excluding carboxylic acids is 1.